The second kappa shape index (κ2) is 7.46. The summed E-state index contributed by atoms with van der Waals surface area (Å²) in [5.41, 5.74) is -0.0207. The number of unbranched alkanes of at least 4 members (excludes halogenated alkanes) is 1. The number of hydrogen-bond donors (Lipinski definition) is 0. The fourth-order valence-corrected chi connectivity index (χ4v) is 2.13. The smallest absolute Gasteiger partial charge is 0.274 e. The second-order valence-electron chi connectivity index (χ2n) is 5.06. The third kappa shape index (κ3) is 5.17. The van der Waals surface area contributed by atoms with Crippen molar-refractivity contribution < 1.29 is 13.5 Å². The maximum Gasteiger partial charge on any atom is 0.274 e. The SMILES string of the molecule is CCCCC(CCC)Oc1ccccc1C(C)(F)F. The Morgan fingerprint density at radius 3 is 2.37 bits per heavy atom. The molecule has 1 unspecified atom stereocenters. The molecule has 19 heavy (non-hydrogen) atoms. The molecule has 0 aliphatic carbocycles. The summed E-state index contributed by atoms with van der Waals surface area (Å²) in [6.07, 6.45) is 5.02. The highest BCUT2D eigenvalue weighted by Crippen LogP contribution is 2.35. The molecule has 0 heterocycles. The van der Waals surface area contributed by atoms with Crippen LogP contribution in [0.3, 0.4) is 0 Å². The molecule has 1 nitrogen and oxygen atoms in total. The lowest BCUT2D eigenvalue weighted by atomic mass is 10.1. The van der Waals surface area contributed by atoms with Gasteiger partial charge in [0.15, 0.2) is 0 Å². The summed E-state index contributed by atoms with van der Waals surface area (Å²) in [6, 6.07) is 6.45. The van der Waals surface area contributed by atoms with Crippen LogP contribution in [0.15, 0.2) is 24.3 Å². The molecule has 3 heteroatoms. The fourth-order valence-electron chi connectivity index (χ4n) is 2.13. The van der Waals surface area contributed by atoms with Crippen molar-refractivity contribution in [1.29, 1.82) is 0 Å². The van der Waals surface area contributed by atoms with Gasteiger partial charge >= 0.3 is 0 Å². The first-order valence-corrected chi connectivity index (χ1v) is 7.13. The van der Waals surface area contributed by atoms with E-state index in [2.05, 4.69) is 13.8 Å². The molecule has 1 rings (SSSR count). The Hall–Kier alpha value is -1.12. The van der Waals surface area contributed by atoms with E-state index < -0.39 is 5.92 Å². The quantitative estimate of drug-likeness (QED) is 0.603. The summed E-state index contributed by atoms with van der Waals surface area (Å²) in [4.78, 5) is 0. The molecule has 0 spiro atoms. The average molecular weight is 270 g/mol. The highest BCUT2D eigenvalue weighted by molar-refractivity contribution is 5.36. The topological polar surface area (TPSA) is 9.23 Å². The standard InChI is InChI=1S/C16H24F2O/c1-4-6-10-13(9-5-2)19-15-12-8-7-11-14(15)16(3,17)18/h7-8,11-13H,4-6,9-10H2,1-3H3. The van der Waals surface area contributed by atoms with Crippen LogP contribution in [0, 0.1) is 0 Å². The van der Waals surface area contributed by atoms with Crippen LogP contribution < -0.4 is 4.74 Å². The third-order valence-corrected chi connectivity index (χ3v) is 3.14. The van der Waals surface area contributed by atoms with Crippen LogP contribution in [-0.4, -0.2) is 6.10 Å². The molecule has 1 atom stereocenters. The lowest BCUT2D eigenvalue weighted by Crippen LogP contribution is -2.19. The van der Waals surface area contributed by atoms with Crippen LogP contribution >= 0.6 is 0 Å². The zero-order chi connectivity index (χ0) is 14.3. The number of alkyl halides is 2. The Morgan fingerprint density at radius 1 is 1.11 bits per heavy atom. The minimum absolute atomic E-state index is 0.0207. The molecule has 0 aromatic heterocycles. The summed E-state index contributed by atoms with van der Waals surface area (Å²) in [5, 5.41) is 0. The third-order valence-electron chi connectivity index (χ3n) is 3.14. The molecule has 0 aliphatic heterocycles. The number of para-hydroxylation sites is 1. The van der Waals surface area contributed by atoms with Crippen molar-refractivity contribution in [3.63, 3.8) is 0 Å². The van der Waals surface area contributed by atoms with E-state index in [1.165, 1.54) is 6.07 Å². The van der Waals surface area contributed by atoms with Crippen molar-refractivity contribution in [2.75, 3.05) is 0 Å². The van der Waals surface area contributed by atoms with E-state index in [0.717, 1.165) is 39.0 Å². The molecule has 0 N–H and O–H groups in total. The van der Waals surface area contributed by atoms with Crippen molar-refractivity contribution in [3.8, 4) is 5.75 Å². The van der Waals surface area contributed by atoms with Gasteiger partial charge in [0, 0.05) is 6.92 Å². The fraction of sp³-hybridized carbons (Fsp3) is 0.625. The van der Waals surface area contributed by atoms with Crippen LogP contribution in [0.4, 0.5) is 8.78 Å². The predicted molar refractivity (Wildman–Crippen MR) is 74.9 cm³/mol. The minimum Gasteiger partial charge on any atom is -0.490 e. The largest absolute Gasteiger partial charge is 0.490 e. The van der Waals surface area contributed by atoms with Crippen LogP contribution in [0.25, 0.3) is 0 Å². The van der Waals surface area contributed by atoms with Crippen LogP contribution in [-0.2, 0) is 5.92 Å². The van der Waals surface area contributed by atoms with Crippen LogP contribution in [0.2, 0.25) is 0 Å². The van der Waals surface area contributed by atoms with E-state index in [4.69, 9.17) is 4.74 Å². The lowest BCUT2D eigenvalue weighted by molar-refractivity contribution is 0.0126. The van der Waals surface area contributed by atoms with Gasteiger partial charge < -0.3 is 4.74 Å². The van der Waals surface area contributed by atoms with Crippen LogP contribution in [0.5, 0.6) is 5.75 Å². The van der Waals surface area contributed by atoms with Gasteiger partial charge in [-0.2, -0.15) is 0 Å². The maximum absolute atomic E-state index is 13.5. The molecular formula is C16H24F2O. The van der Waals surface area contributed by atoms with Crippen LogP contribution in [0.1, 0.15) is 58.4 Å². The molecule has 108 valence electrons. The monoisotopic (exact) mass is 270 g/mol. The first kappa shape index (κ1) is 15.9. The molecule has 1 aromatic carbocycles. The van der Waals surface area contributed by atoms with Gasteiger partial charge in [0.2, 0.25) is 0 Å². The number of halogens is 2. The molecule has 0 amide bonds. The van der Waals surface area contributed by atoms with Gasteiger partial charge in [-0.25, -0.2) is 8.78 Å². The normalized spacial score (nSPS) is 13.3. The summed E-state index contributed by atoms with van der Waals surface area (Å²) < 4.78 is 32.9. The Labute approximate surface area is 115 Å². The second-order valence-corrected chi connectivity index (χ2v) is 5.06. The highest BCUT2D eigenvalue weighted by Gasteiger charge is 2.28. The molecular weight excluding hydrogens is 246 g/mol. The summed E-state index contributed by atoms with van der Waals surface area (Å²) in [6.45, 7) is 5.12. The van der Waals surface area contributed by atoms with Gasteiger partial charge in [-0.1, -0.05) is 45.2 Å². The van der Waals surface area contributed by atoms with Gasteiger partial charge in [-0.3, -0.25) is 0 Å². The summed E-state index contributed by atoms with van der Waals surface area (Å²) in [5.74, 6) is -2.54. The molecule has 0 radical (unpaired) electrons. The first-order valence-electron chi connectivity index (χ1n) is 7.13. The first-order chi connectivity index (χ1) is 8.99. The summed E-state index contributed by atoms with van der Waals surface area (Å²) >= 11 is 0. The molecule has 0 bridgehead atoms. The van der Waals surface area contributed by atoms with Gasteiger partial charge in [0.05, 0.1) is 11.7 Å². The van der Waals surface area contributed by atoms with E-state index in [1.54, 1.807) is 18.2 Å². The molecule has 0 saturated heterocycles. The highest BCUT2D eigenvalue weighted by atomic mass is 19.3. The zero-order valence-electron chi connectivity index (χ0n) is 12.1. The number of ether oxygens (including phenoxy) is 1. The maximum atomic E-state index is 13.5. The Morgan fingerprint density at radius 2 is 1.79 bits per heavy atom. The van der Waals surface area contributed by atoms with E-state index in [9.17, 15) is 8.78 Å². The van der Waals surface area contributed by atoms with E-state index >= 15 is 0 Å². The number of rotatable bonds is 8. The van der Waals surface area contributed by atoms with Crippen molar-refractivity contribution in [2.45, 2.75) is 64.9 Å². The van der Waals surface area contributed by atoms with Crippen molar-refractivity contribution in [3.05, 3.63) is 29.8 Å². The van der Waals surface area contributed by atoms with Crippen molar-refractivity contribution in [2.24, 2.45) is 0 Å². The minimum atomic E-state index is -2.86. The van der Waals surface area contributed by atoms with Gasteiger partial charge in [0.1, 0.15) is 5.75 Å². The zero-order valence-corrected chi connectivity index (χ0v) is 12.1. The Balaban J connectivity index is 2.83. The van der Waals surface area contributed by atoms with Gasteiger partial charge in [-0.15, -0.1) is 0 Å². The predicted octanol–water partition coefficient (Wildman–Crippen LogP) is 5.54. The van der Waals surface area contributed by atoms with Crippen molar-refractivity contribution in [1.82, 2.24) is 0 Å². The van der Waals surface area contributed by atoms with Gasteiger partial charge in [-0.05, 0) is 25.0 Å². The number of benzene rings is 1. The van der Waals surface area contributed by atoms with E-state index in [0.29, 0.717) is 5.75 Å². The number of hydrogen-bond acceptors (Lipinski definition) is 1. The molecule has 1 aromatic rings. The molecule has 0 fully saturated rings. The lowest BCUT2D eigenvalue weighted by Gasteiger charge is -2.22. The van der Waals surface area contributed by atoms with Gasteiger partial charge in [0.25, 0.3) is 5.92 Å². The Bertz CT molecular complexity index is 371. The Kier molecular flexibility index (Phi) is 6.26. The molecule has 0 saturated carbocycles. The molecule has 0 aliphatic rings. The summed E-state index contributed by atoms with van der Waals surface area (Å²) in [7, 11) is 0. The van der Waals surface area contributed by atoms with E-state index in [-0.39, 0.29) is 11.7 Å². The van der Waals surface area contributed by atoms with E-state index in [1.807, 2.05) is 0 Å². The van der Waals surface area contributed by atoms with Crippen molar-refractivity contribution >= 4 is 0 Å². The average Bonchev–Trinajstić information content (AvgIpc) is 2.35.